The fourth-order valence-electron chi connectivity index (χ4n) is 4.33. The molecule has 1 aliphatic rings. The zero-order valence-electron chi connectivity index (χ0n) is 18.5. The molecular weight excluding hydrogens is 396 g/mol. The number of amides is 1. The van der Waals surface area contributed by atoms with Gasteiger partial charge < -0.3 is 14.5 Å². The van der Waals surface area contributed by atoms with Gasteiger partial charge in [0.1, 0.15) is 5.75 Å². The van der Waals surface area contributed by atoms with Gasteiger partial charge in [0.25, 0.3) is 0 Å². The van der Waals surface area contributed by atoms with Crippen LogP contribution in [0.1, 0.15) is 43.2 Å². The van der Waals surface area contributed by atoms with Crippen molar-refractivity contribution in [3.8, 4) is 5.75 Å². The average Bonchev–Trinajstić information content (AvgIpc) is 2.84. The number of halogens is 1. The number of fused-ring (bicyclic) bond motifs is 1. The molecule has 0 saturated heterocycles. The minimum Gasteiger partial charge on any atom is -0.497 e. The molecule has 30 heavy (non-hydrogen) atoms. The molecule has 1 heterocycles. The fraction of sp³-hybridized carbons (Fsp3) is 0.480. The molecule has 0 bridgehead atoms. The summed E-state index contributed by atoms with van der Waals surface area (Å²) in [5.74, 6) is 1.13. The van der Waals surface area contributed by atoms with E-state index in [2.05, 4.69) is 24.0 Å². The zero-order valence-corrected chi connectivity index (χ0v) is 19.3. The van der Waals surface area contributed by atoms with Crippen molar-refractivity contribution in [2.45, 2.75) is 38.5 Å². The highest BCUT2D eigenvalue weighted by molar-refractivity contribution is 6.30. The standard InChI is InChI=1S/C25H33ClN2O2/c1-5-6-7-22-23(18-8-11-21(30-4)12-9-18)17-19-16-20(26)10-13-24(19)28(25(22)29)15-14-27(2)3/h8-13,16,22-23H,5-7,14-15,17H2,1-4H3. The summed E-state index contributed by atoms with van der Waals surface area (Å²) in [5, 5.41) is 0.717. The van der Waals surface area contributed by atoms with Gasteiger partial charge in [0, 0.05) is 29.7 Å². The molecule has 1 aliphatic heterocycles. The Hall–Kier alpha value is -2.04. The molecular formula is C25H33ClN2O2. The first kappa shape index (κ1) is 22.6. The first-order valence-electron chi connectivity index (χ1n) is 10.8. The second-order valence-corrected chi connectivity index (χ2v) is 8.84. The number of benzene rings is 2. The molecule has 5 heteroatoms. The number of hydrogen-bond donors (Lipinski definition) is 0. The van der Waals surface area contributed by atoms with Crippen molar-refractivity contribution >= 4 is 23.2 Å². The van der Waals surface area contributed by atoms with E-state index in [9.17, 15) is 4.79 Å². The first-order chi connectivity index (χ1) is 14.4. The third kappa shape index (κ3) is 5.16. The number of ether oxygens (including phenoxy) is 1. The van der Waals surface area contributed by atoms with Crippen LogP contribution in [0.15, 0.2) is 42.5 Å². The number of likely N-dealkylation sites (N-methyl/N-ethyl adjacent to an activating group) is 1. The third-order valence-electron chi connectivity index (χ3n) is 6.02. The van der Waals surface area contributed by atoms with Gasteiger partial charge in [-0.1, -0.05) is 43.5 Å². The minimum absolute atomic E-state index is 0.0494. The topological polar surface area (TPSA) is 32.8 Å². The summed E-state index contributed by atoms with van der Waals surface area (Å²) < 4.78 is 5.34. The zero-order chi connectivity index (χ0) is 21.7. The van der Waals surface area contributed by atoms with Crippen LogP contribution in [0.25, 0.3) is 0 Å². The fourth-order valence-corrected chi connectivity index (χ4v) is 4.53. The molecule has 4 nitrogen and oxygen atoms in total. The van der Waals surface area contributed by atoms with Crippen molar-refractivity contribution in [1.29, 1.82) is 0 Å². The van der Waals surface area contributed by atoms with E-state index in [4.69, 9.17) is 16.3 Å². The van der Waals surface area contributed by atoms with Crippen LogP contribution < -0.4 is 9.64 Å². The maximum absolute atomic E-state index is 13.9. The molecule has 2 aromatic rings. The van der Waals surface area contributed by atoms with Crippen LogP contribution in [0.2, 0.25) is 5.02 Å². The second-order valence-electron chi connectivity index (χ2n) is 8.40. The molecule has 0 aliphatic carbocycles. The lowest BCUT2D eigenvalue weighted by molar-refractivity contribution is -0.123. The Bertz CT molecular complexity index is 851. The summed E-state index contributed by atoms with van der Waals surface area (Å²) in [4.78, 5) is 18.0. The molecule has 2 aromatic carbocycles. The van der Waals surface area contributed by atoms with Crippen molar-refractivity contribution in [1.82, 2.24) is 4.90 Å². The van der Waals surface area contributed by atoms with Crippen LogP contribution in [-0.4, -0.2) is 45.1 Å². The Labute approximate surface area is 185 Å². The number of nitrogens with zero attached hydrogens (tertiary/aromatic N) is 2. The third-order valence-corrected chi connectivity index (χ3v) is 6.26. The van der Waals surface area contributed by atoms with Crippen LogP contribution in [0.4, 0.5) is 5.69 Å². The molecule has 1 amide bonds. The van der Waals surface area contributed by atoms with Gasteiger partial charge in [0.2, 0.25) is 5.91 Å². The van der Waals surface area contributed by atoms with Crippen LogP contribution in [0.5, 0.6) is 5.75 Å². The molecule has 0 fully saturated rings. The van der Waals surface area contributed by atoms with E-state index in [0.717, 1.165) is 49.2 Å². The summed E-state index contributed by atoms with van der Waals surface area (Å²) in [6, 6.07) is 14.1. The van der Waals surface area contributed by atoms with Crippen molar-refractivity contribution in [2.24, 2.45) is 5.92 Å². The van der Waals surface area contributed by atoms with E-state index >= 15 is 0 Å². The van der Waals surface area contributed by atoms with E-state index in [0.29, 0.717) is 11.6 Å². The van der Waals surface area contributed by atoms with Gasteiger partial charge in [-0.2, -0.15) is 0 Å². The number of unbranched alkanes of at least 4 members (excludes halogenated alkanes) is 1. The molecule has 0 aromatic heterocycles. The summed E-state index contributed by atoms with van der Waals surface area (Å²) >= 11 is 6.37. The van der Waals surface area contributed by atoms with E-state index in [-0.39, 0.29) is 17.7 Å². The quantitative estimate of drug-likeness (QED) is 0.565. The highest BCUT2D eigenvalue weighted by Crippen LogP contribution is 2.41. The molecule has 0 saturated carbocycles. The smallest absolute Gasteiger partial charge is 0.230 e. The van der Waals surface area contributed by atoms with Gasteiger partial charge in [0.15, 0.2) is 0 Å². The lowest BCUT2D eigenvalue weighted by atomic mass is 9.79. The Balaban J connectivity index is 2.06. The number of hydrogen-bond acceptors (Lipinski definition) is 3. The van der Waals surface area contributed by atoms with E-state index < -0.39 is 0 Å². The number of methoxy groups -OCH3 is 1. The van der Waals surface area contributed by atoms with Gasteiger partial charge in [-0.05, 0) is 74.3 Å². The number of rotatable bonds is 8. The molecule has 0 radical (unpaired) electrons. The van der Waals surface area contributed by atoms with Crippen molar-refractivity contribution in [2.75, 3.05) is 39.2 Å². The van der Waals surface area contributed by atoms with E-state index in [1.807, 2.05) is 49.3 Å². The second kappa shape index (κ2) is 10.3. The van der Waals surface area contributed by atoms with Crippen LogP contribution >= 0.6 is 11.6 Å². The predicted octanol–water partition coefficient (Wildman–Crippen LogP) is 5.39. The maximum Gasteiger partial charge on any atom is 0.230 e. The van der Waals surface area contributed by atoms with Gasteiger partial charge in [0.05, 0.1) is 7.11 Å². The Morgan fingerprint density at radius 2 is 1.90 bits per heavy atom. The summed E-state index contributed by atoms with van der Waals surface area (Å²) in [7, 11) is 5.76. The maximum atomic E-state index is 13.9. The number of anilines is 1. The molecule has 0 spiro atoms. The molecule has 0 N–H and O–H groups in total. The molecule has 2 atom stereocenters. The lowest BCUT2D eigenvalue weighted by Crippen LogP contribution is -2.41. The lowest BCUT2D eigenvalue weighted by Gasteiger charge is -2.29. The normalized spacial score (nSPS) is 19.0. The Morgan fingerprint density at radius 1 is 1.17 bits per heavy atom. The summed E-state index contributed by atoms with van der Waals surface area (Å²) in [6.07, 6.45) is 3.82. The van der Waals surface area contributed by atoms with Crippen molar-refractivity contribution < 1.29 is 9.53 Å². The van der Waals surface area contributed by atoms with E-state index in [1.54, 1.807) is 7.11 Å². The number of carbonyl (C=O) groups excluding carboxylic acids is 1. The molecule has 2 unspecified atom stereocenters. The van der Waals surface area contributed by atoms with E-state index in [1.165, 1.54) is 5.56 Å². The van der Waals surface area contributed by atoms with Crippen molar-refractivity contribution in [3.05, 3.63) is 58.6 Å². The average molecular weight is 429 g/mol. The SMILES string of the molecule is CCCCC1C(=O)N(CCN(C)C)c2ccc(Cl)cc2CC1c1ccc(OC)cc1. The van der Waals surface area contributed by atoms with Crippen LogP contribution in [0.3, 0.4) is 0 Å². The Kier molecular flexibility index (Phi) is 7.79. The molecule has 162 valence electrons. The predicted molar refractivity (Wildman–Crippen MR) is 125 cm³/mol. The monoisotopic (exact) mass is 428 g/mol. The summed E-state index contributed by atoms with van der Waals surface area (Å²) in [5.41, 5.74) is 3.34. The highest BCUT2D eigenvalue weighted by atomic mass is 35.5. The van der Waals surface area contributed by atoms with Gasteiger partial charge in [-0.3, -0.25) is 4.79 Å². The van der Waals surface area contributed by atoms with Gasteiger partial charge in [-0.25, -0.2) is 0 Å². The number of carbonyl (C=O) groups is 1. The first-order valence-corrected chi connectivity index (χ1v) is 11.2. The van der Waals surface area contributed by atoms with Crippen LogP contribution in [0, 0.1) is 5.92 Å². The van der Waals surface area contributed by atoms with Gasteiger partial charge in [-0.15, -0.1) is 0 Å². The minimum atomic E-state index is -0.0494. The van der Waals surface area contributed by atoms with Gasteiger partial charge >= 0.3 is 0 Å². The van der Waals surface area contributed by atoms with Crippen molar-refractivity contribution in [3.63, 3.8) is 0 Å². The largest absolute Gasteiger partial charge is 0.497 e. The molecule has 3 rings (SSSR count). The summed E-state index contributed by atoms with van der Waals surface area (Å²) in [6.45, 7) is 3.68. The Morgan fingerprint density at radius 3 is 2.53 bits per heavy atom. The van der Waals surface area contributed by atoms with Crippen LogP contribution in [-0.2, 0) is 11.2 Å². The highest BCUT2D eigenvalue weighted by Gasteiger charge is 2.37.